The molecule has 0 unspecified atom stereocenters. The lowest BCUT2D eigenvalue weighted by molar-refractivity contribution is 0.0498. The molecule has 1 saturated carbocycles. The lowest BCUT2D eigenvalue weighted by atomic mass is 9.69. The van der Waals surface area contributed by atoms with Gasteiger partial charge in [-0.2, -0.15) is 0 Å². The first-order valence-electron chi connectivity index (χ1n) is 6.19. The third-order valence-electron chi connectivity index (χ3n) is 4.05. The van der Waals surface area contributed by atoms with Crippen LogP contribution in [0, 0.1) is 0 Å². The van der Waals surface area contributed by atoms with Crippen LogP contribution in [0.3, 0.4) is 0 Å². The van der Waals surface area contributed by atoms with Crippen LogP contribution in [0.5, 0.6) is 0 Å². The first kappa shape index (κ1) is 15.8. The number of nitrogens with two attached hydrogens (primary N) is 1. The van der Waals surface area contributed by atoms with Gasteiger partial charge in [-0.15, -0.1) is 12.4 Å². The van der Waals surface area contributed by atoms with Gasteiger partial charge < -0.3 is 10.5 Å². The van der Waals surface area contributed by atoms with E-state index < -0.39 is 0 Å². The molecule has 1 aliphatic rings. The zero-order valence-electron chi connectivity index (χ0n) is 10.7. The number of hydrogen-bond donors (Lipinski definition) is 1. The lowest BCUT2D eigenvalue weighted by Gasteiger charge is -2.39. The first-order valence-corrected chi connectivity index (χ1v) is 6.57. The molecule has 0 spiro atoms. The highest BCUT2D eigenvalue weighted by Gasteiger charge is 2.35. The maximum Gasteiger partial charge on any atom is 0.0572 e. The quantitative estimate of drug-likeness (QED) is 0.924. The van der Waals surface area contributed by atoms with E-state index in [-0.39, 0.29) is 17.8 Å². The van der Waals surface area contributed by atoms with E-state index in [9.17, 15) is 0 Å². The van der Waals surface area contributed by atoms with Gasteiger partial charge in [0.15, 0.2) is 0 Å². The van der Waals surface area contributed by atoms with Crippen LogP contribution in [0.4, 0.5) is 0 Å². The van der Waals surface area contributed by atoms with Crippen LogP contribution < -0.4 is 5.73 Å². The molecule has 0 atom stereocenters. The molecule has 0 aliphatic heterocycles. The van der Waals surface area contributed by atoms with Gasteiger partial charge in [-0.05, 0) is 43.4 Å². The number of hydrogen-bond acceptors (Lipinski definition) is 2. The molecule has 0 heterocycles. The summed E-state index contributed by atoms with van der Waals surface area (Å²) in [4.78, 5) is 0. The molecule has 0 amide bonds. The zero-order valence-corrected chi connectivity index (χ0v) is 12.3. The van der Waals surface area contributed by atoms with Crippen molar-refractivity contribution in [2.45, 2.75) is 37.2 Å². The van der Waals surface area contributed by atoms with Gasteiger partial charge in [0.25, 0.3) is 0 Å². The maximum absolute atomic E-state index is 6.07. The summed E-state index contributed by atoms with van der Waals surface area (Å²) in [5.74, 6) is 0. The fraction of sp³-hybridized carbons (Fsp3) is 0.571. The summed E-state index contributed by atoms with van der Waals surface area (Å²) in [6, 6.07) is 8.13. The summed E-state index contributed by atoms with van der Waals surface area (Å²) in [7, 11) is 1.79. The number of benzene rings is 1. The average Bonchev–Trinajstić information content (AvgIpc) is 2.39. The summed E-state index contributed by atoms with van der Waals surface area (Å²) in [5.41, 5.74) is 7.40. The first-order chi connectivity index (χ1) is 8.20. The average molecular weight is 290 g/mol. The van der Waals surface area contributed by atoms with Gasteiger partial charge in [-0.3, -0.25) is 0 Å². The molecule has 0 bridgehead atoms. The SMILES string of the molecule is COC1CCC(CN)(c2cccc(Cl)c2)CC1.Cl. The van der Waals surface area contributed by atoms with Crippen molar-refractivity contribution in [2.75, 3.05) is 13.7 Å². The molecule has 2 rings (SSSR count). The van der Waals surface area contributed by atoms with E-state index in [1.54, 1.807) is 7.11 Å². The largest absolute Gasteiger partial charge is 0.381 e. The van der Waals surface area contributed by atoms with E-state index in [1.807, 2.05) is 12.1 Å². The van der Waals surface area contributed by atoms with E-state index in [0.29, 0.717) is 12.6 Å². The zero-order chi connectivity index (χ0) is 12.3. The normalized spacial score (nSPS) is 27.6. The molecular formula is C14H21Cl2NO. The molecule has 0 aromatic heterocycles. The molecule has 1 aromatic rings. The molecule has 18 heavy (non-hydrogen) atoms. The van der Waals surface area contributed by atoms with Crippen LogP contribution in [0.25, 0.3) is 0 Å². The van der Waals surface area contributed by atoms with Gasteiger partial charge in [-0.1, -0.05) is 23.7 Å². The van der Waals surface area contributed by atoms with E-state index in [4.69, 9.17) is 22.1 Å². The van der Waals surface area contributed by atoms with Gasteiger partial charge in [0.05, 0.1) is 6.10 Å². The topological polar surface area (TPSA) is 35.2 Å². The Labute approximate surface area is 120 Å². The van der Waals surface area contributed by atoms with Crippen LogP contribution in [0.1, 0.15) is 31.2 Å². The third-order valence-corrected chi connectivity index (χ3v) is 4.29. The van der Waals surface area contributed by atoms with Gasteiger partial charge in [-0.25, -0.2) is 0 Å². The van der Waals surface area contributed by atoms with Gasteiger partial charge >= 0.3 is 0 Å². The predicted molar refractivity (Wildman–Crippen MR) is 78.7 cm³/mol. The minimum atomic E-state index is 0. The molecule has 2 N–H and O–H groups in total. The summed E-state index contributed by atoms with van der Waals surface area (Å²) < 4.78 is 5.42. The minimum Gasteiger partial charge on any atom is -0.381 e. The van der Waals surface area contributed by atoms with E-state index >= 15 is 0 Å². The summed E-state index contributed by atoms with van der Waals surface area (Å²) >= 11 is 6.07. The molecule has 1 fully saturated rings. The van der Waals surface area contributed by atoms with Crippen molar-refractivity contribution in [1.29, 1.82) is 0 Å². The Morgan fingerprint density at radius 1 is 1.39 bits per heavy atom. The molecule has 0 saturated heterocycles. The second-order valence-corrected chi connectivity index (χ2v) is 5.37. The number of methoxy groups -OCH3 is 1. The maximum atomic E-state index is 6.07. The molecule has 0 radical (unpaired) electrons. The van der Waals surface area contributed by atoms with Crippen molar-refractivity contribution >= 4 is 24.0 Å². The van der Waals surface area contributed by atoms with Gasteiger partial charge in [0.2, 0.25) is 0 Å². The second kappa shape index (κ2) is 6.76. The van der Waals surface area contributed by atoms with Crippen LogP contribution in [0.2, 0.25) is 5.02 Å². The molecule has 102 valence electrons. The van der Waals surface area contributed by atoms with E-state index in [2.05, 4.69) is 12.1 Å². The van der Waals surface area contributed by atoms with Crippen molar-refractivity contribution in [3.8, 4) is 0 Å². The molecule has 4 heteroatoms. The van der Waals surface area contributed by atoms with Crippen LogP contribution >= 0.6 is 24.0 Å². The Morgan fingerprint density at radius 3 is 2.56 bits per heavy atom. The molecule has 1 aliphatic carbocycles. The standard InChI is InChI=1S/C14H20ClNO.ClH/c1-17-13-5-7-14(10-16,8-6-13)11-3-2-4-12(15)9-11;/h2-4,9,13H,5-8,10,16H2,1H3;1H. The predicted octanol–water partition coefficient (Wildman–Crippen LogP) is 3.55. The van der Waals surface area contributed by atoms with Crippen molar-refractivity contribution < 1.29 is 4.74 Å². The Morgan fingerprint density at radius 2 is 2.06 bits per heavy atom. The fourth-order valence-corrected chi connectivity index (χ4v) is 3.00. The highest BCUT2D eigenvalue weighted by atomic mass is 35.5. The number of halogens is 2. The van der Waals surface area contributed by atoms with Crippen molar-refractivity contribution in [2.24, 2.45) is 5.73 Å². The van der Waals surface area contributed by atoms with Crippen molar-refractivity contribution in [3.05, 3.63) is 34.9 Å². The highest BCUT2D eigenvalue weighted by molar-refractivity contribution is 6.30. The van der Waals surface area contributed by atoms with Gasteiger partial charge in [0, 0.05) is 24.1 Å². The summed E-state index contributed by atoms with van der Waals surface area (Å²) in [6.07, 6.45) is 4.74. The third kappa shape index (κ3) is 3.18. The van der Waals surface area contributed by atoms with Crippen molar-refractivity contribution in [3.63, 3.8) is 0 Å². The molecular weight excluding hydrogens is 269 g/mol. The number of rotatable bonds is 3. The molecule has 2 nitrogen and oxygen atoms in total. The van der Waals surface area contributed by atoms with Crippen LogP contribution in [0.15, 0.2) is 24.3 Å². The van der Waals surface area contributed by atoms with E-state index in [1.165, 1.54) is 5.56 Å². The Bertz CT molecular complexity index is 376. The summed E-state index contributed by atoms with van der Waals surface area (Å²) in [6.45, 7) is 0.684. The summed E-state index contributed by atoms with van der Waals surface area (Å²) in [5, 5.41) is 0.796. The van der Waals surface area contributed by atoms with Gasteiger partial charge in [0.1, 0.15) is 0 Å². The highest BCUT2D eigenvalue weighted by Crippen LogP contribution is 2.40. The Kier molecular flexibility index (Phi) is 5.93. The molecule has 1 aromatic carbocycles. The fourth-order valence-electron chi connectivity index (χ4n) is 2.81. The Balaban J connectivity index is 0.00000162. The van der Waals surface area contributed by atoms with Crippen LogP contribution in [-0.4, -0.2) is 19.8 Å². The smallest absolute Gasteiger partial charge is 0.0572 e. The minimum absolute atomic E-state index is 0. The monoisotopic (exact) mass is 289 g/mol. The number of ether oxygens (including phenoxy) is 1. The lowest BCUT2D eigenvalue weighted by Crippen LogP contribution is -2.40. The second-order valence-electron chi connectivity index (χ2n) is 4.93. The van der Waals surface area contributed by atoms with Crippen molar-refractivity contribution in [1.82, 2.24) is 0 Å². The Hall–Kier alpha value is -0.280. The van der Waals surface area contributed by atoms with E-state index in [0.717, 1.165) is 30.7 Å². The van der Waals surface area contributed by atoms with Crippen LogP contribution in [-0.2, 0) is 10.2 Å².